The van der Waals surface area contributed by atoms with Crippen LogP contribution < -0.4 is 5.32 Å². The molecule has 1 atom stereocenters. The Balaban J connectivity index is 1.88. The van der Waals surface area contributed by atoms with Gasteiger partial charge in [-0.15, -0.1) is 0 Å². The molecule has 0 radical (unpaired) electrons. The predicted molar refractivity (Wildman–Crippen MR) is 92.2 cm³/mol. The van der Waals surface area contributed by atoms with E-state index < -0.39 is 24.0 Å². The highest BCUT2D eigenvalue weighted by atomic mass is 19.4. The Kier molecular flexibility index (Phi) is 5.16. The molecule has 3 rings (SSSR count). The SMILES string of the molecule is CCn1nc(C(F)(F)F)cc1-c1ccc(NC(F)c2ccccc2)cc1F. The van der Waals surface area contributed by atoms with Gasteiger partial charge in [0.15, 0.2) is 12.0 Å². The number of halogens is 5. The maximum absolute atomic E-state index is 14.5. The number of nitrogens with zero attached hydrogens (tertiary/aromatic N) is 2. The first-order chi connectivity index (χ1) is 12.8. The Morgan fingerprint density at radius 1 is 1.07 bits per heavy atom. The van der Waals surface area contributed by atoms with Gasteiger partial charge in [0.2, 0.25) is 0 Å². The second-order valence-electron chi connectivity index (χ2n) is 5.84. The van der Waals surface area contributed by atoms with E-state index in [0.717, 1.165) is 16.8 Å². The highest BCUT2D eigenvalue weighted by molar-refractivity contribution is 5.64. The van der Waals surface area contributed by atoms with Crippen LogP contribution in [0.2, 0.25) is 0 Å². The van der Waals surface area contributed by atoms with Crippen LogP contribution in [-0.4, -0.2) is 9.78 Å². The Hall–Kier alpha value is -2.90. The summed E-state index contributed by atoms with van der Waals surface area (Å²) >= 11 is 0. The lowest BCUT2D eigenvalue weighted by atomic mass is 10.1. The van der Waals surface area contributed by atoms with Crippen LogP contribution in [0.1, 0.15) is 24.5 Å². The molecule has 0 saturated heterocycles. The lowest BCUT2D eigenvalue weighted by Crippen LogP contribution is -2.07. The number of benzene rings is 2. The molecule has 27 heavy (non-hydrogen) atoms. The maximum Gasteiger partial charge on any atom is 0.435 e. The molecule has 2 aromatic carbocycles. The zero-order valence-electron chi connectivity index (χ0n) is 14.3. The summed E-state index contributed by atoms with van der Waals surface area (Å²) in [5.41, 5.74) is -0.574. The van der Waals surface area contributed by atoms with Crippen LogP contribution in [0.15, 0.2) is 54.6 Å². The van der Waals surface area contributed by atoms with Crippen LogP contribution in [-0.2, 0) is 12.7 Å². The summed E-state index contributed by atoms with van der Waals surface area (Å²) < 4.78 is 68.5. The molecular weight excluding hydrogens is 365 g/mol. The lowest BCUT2D eigenvalue weighted by Gasteiger charge is -2.13. The van der Waals surface area contributed by atoms with Gasteiger partial charge in [0, 0.05) is 23.4 Å². The summed E-state index contributed by atoms with van der Waals surface area (Å²) in [6.45, 7) is 1.75. The molecule has 0 aliphatic rings. The van der Waals surface area contributed by atoms with Crippen molar-refractivity contribution in [2.45, 2.75) is 25.9 Å². The summed E-state index contributed by atoms with van der Waals surface area (Å²) in [6, 6.07) is 12.8. The average Bonchev–Trinajstić information content (AvgIpc) is 3.07. The summed E-state index contributed by atoms with van der Waals surface area (Å²) in [6.07, 6.45) is -6.17. The molecular formula is C19H16F5N3. The van der Waals surface area contributed by atoms with Crippen LogP contribution in [0.5, 0.6) is 0 Å². The van der Waals surface area contributed by atoms with Crippen molar-refractivity contribution in [3.05, 3.63) is 71.7 Å². The highest BCUT2D eigenvalue weighted by Crippen LogP contribution is 2.33. The minimum atomic E-state index is -4.62. The minimum Gasteiger partial charge on any atom is -0.352 e. The van der Waals surface area contributed by atoms with E-state index in [-0.39, 0.29) is 23.5 Å². The summed E-state index contributed by atoms with van der Waals surface area (Å²) in [5, 5.41) is 6.00. The van der Waals surface area contributed by atoms with Crippen molar-refractivity contribution in [3.8, 4) is 11.3 Å². The van der Waals surface area contributed by atoms with Gasteiger partial charge >= 0.3 is 6.18 Å². The number of anilines is 1. The molecule has 3 aromatic rings. The average molecular weight is 381 g/mol. The van der Waals surface area contributed by atoms with Gasteiger partial charge in [-0.25, -0.2) is 8.78 Å². The van der Waals surface area contributed by atoms with Crippen LogP contribution in [0.4, 0.5) is 27.6 Å². The van der Waals surface area contributed by atoms with Gasteiger partial charge in [0.05, 0.1) is 5.69 Å². The molecule has 1 unspecified atom stereocenters. The van der Waals surface area contributed by atoms with E-state index in [0.29, 0.717) is 5.56 Å². The van der Waals surface area contributed by atoms with Gasteiger partial charge in [0.1, 0.15) is 5.82 Å². The standard InChI is InChI=1S/C19H16F5N3/c1-2-27-16(11-17(26-27)19(22,23)24)14-9-8-13(10-15(14)20)25-18(21)12-6-4-3-5-7-12/h3-11,18,25H,2H2,1H3. The van der Waals surface area contributed by atoms with E-state index in [1.165, 1.54) is 12.1 Å². The minimum absolute atomic E-state index is 0.00809. The predicted octanol–water partition coefficient (Wildman–Crippen LogP) is 5.81. The quantitative estimate of drug-likeness (QED) is 0.447. The van der Waals surface area contributed by atoms with Gasteiger partial charge in [-0.1, -0.05) is 30.3 Å². The monoisotopic (exact) mass is 381 g/mol. The van der Waals surface area contributed by atoms with Crippen LogP contribution >= 0.6 is 0 Å². The van der Waals surface area contributed by atoms with Crippen molar-refractivity contribution in [1.29, 1.82) is 0 Å². The number of aromatic nitrogens is 2. The smallest absolute Gasteiger partial charge is 0.352 e. The summed E-state index contributed by atoms with van der Waals surface area (Å²) in [4.78, 5) is 0. The van der Waals surface area contributed by atoms with Crippen LogP contribution in [0.25, 0.3) is 11.3 Å². The summed E-state index contributed by atoms with van der Waals surface area (Å²) in [7, 11) is 0. The molecule has 1 N–H and O–H groups in total. The second-order valence-corrected chi connectivity index (χ2v) is 5.84. The van der Waals surface area contributed by atoms with Gasteiger partial charge in [-0.3, -0.25) is 4.68 Å². The van der Waals surface area contributed by atoms with Crippen molar-refractivity contribution in [2.75, 3.05) is 5.32 Å². The molecule has 0 amide bonds. The third kappa shape index (κ3) is 4.10. The first-order valence-electron chi connectivity index (χ1n) is 8.20. The Labute approximate surface area is 152 Å². The fourth-order valence-corrected chi connectivity index (χ4v) is 2.68. The number of aryl methyl sites for hydroxylation is 1. The molecule has 1 heterocycles. The lowest BCUT2D eigenvalue weighted by molar-refractivity contribution is -0.141. The number of nitrogens with one attached hydrogen (secondary N) is 1. The first kappa shape index (κ1) is 18.9. The number of alkyl halides is 4. The largest absolute Gasteiger partial charge is 0.435 e. The van der Waals surface area contributed by atoms with Crippen molar-refractivity contribution < 1.29 is 22.0 Å². The zero-order valence-corrected chi connectivity index (χ0v) is 14.3. The van der Waals surface area contributed by atoms with Crippen molar-refractivity contribution >= 4 is 5.69 Å². The Morgan fingerprint density at radius 2 is 1.78 bits per heavy atom. The van der Waals surface area contributed by atoms with E-state index in [4.69, 9.17) is 0 Å². The van der Waals surface area contributed by atoms with Gasteiger partial charge in [-0.05, 0) is 31.2 Å². The van der Waals surface area contributed by atoms with E-state index in [1.54, 1.807) is 37.3 Å². The molecule has 8 heteroatoms. The molecule has 142 valence electrons. The van der Waals surface area contributed by atoms with Gasteiger partial charge < -0.3 is 5.32 Å². The van der Waals surface area contributed by atoms with E-state index in [2.05, 4.69) is 10.4 Å². The second kappa shape index (κ2) is 7.38. The van der Waals surface area contributed by atoms with Crippen LogP contribution in [0.3, 0.4) is 0 Å². The third-order valence-electron chi connectivity index (χ3n) is 4.00. The molecule has 0 aliphatic heterocycles. The van der Waals surface area contributed by atoms with Crippen LogP contribution in [0, 0.1) is 5.82 Å². The topological polar surface area (TPSA) is 29.9 Å². The molecule has 1 aromatic heterocycles. The first-order valence-corrected chi connectivity index (χ1v) is 8.20. The molecule has 3 nitrogen and oxygen atoms in total. The van der Waals surface area contributed by atoms with Crippen molar-refractivity contribution in [3.63, 3.8) is 0 Å². The number of hydrogen-bond donors (Lipinski definition) is 1. The fourth-order valence-electron chi connectivity index (χ4n) is 2.68. The normalized spacial score (nSPS) is 12.8. The third-order valence-corrected chi connectivity index (χ3v) is 4.00. The zero-order chi connectivity index (χ0) is 19.6. The fraction of sp³-hybridized carbons (Fsp3) is 0.211. The molecule has 0 spiro atoms. The summed E-state index contributed by atoms with van der Waals surface area (Å²) in [5.74, 6) is -0.774. The highest BCUT2D eigenvalue weighted by Gasteiger charge is 2.35. The van der Waals surface area contributed by atoms with Gasteiger partial charge in [0.25, 0.3) is 0 Å². The molecule has 0 saturated carbocycles. The number of hydrogen-bond acceptors (Lipinski definition) is 2. The number of rotatable bonds is 5. The molecule has 0 fully saturated rings. The van der Waals surface area contributed by atoms with E-state index in [9.17, 15) is 22.0 Å². The Bertz CT molecular complexity index is 919. The Morgan fingerprint density at radius 3 is 2.37 bits per heavy atom. The molecule has 0 aliphatic carbocycles. The van der Waals surface area contributed by atoms with Crippen molar-refractivity contribution in [2.24, 2.45) is 0 Å². The van der Waals surface area contributed by atoms with E-state index in [1.807, 2.05) is 0 Å². The van der Waals surface area contributed by atoms with Crippen molar-refractivity contribution in [1.82, 2.24) is 9.78 Å². The van der Waals surface area contributed by atoms with E-state index >= 15 is 0 Å². The van der Waals surface area contributed by atoms with Gasteiger partial charge in [-0.2, -0.15) is 18.3 Å². The maximum atomic E-state index is 14.5. The molecule has 0 bridgehead atoms.